The maximum absolute atomic E-state index is 12.8. The molecule has 0 N–H and O–H groups in total. The van der Waals surface area contributed by atoms with Crippen molar-refractivity contribution >= 4 is 11.9 Å². The Labute approximate surface area is 173 Å². The molecule has 154 valence electrons. The topological polar surface area (TPSA) is 52.6 Å². The fourth-order valence-electron chi connectivity index (χ4n) is 3.97. The smallest absolute Gasteiger partial charge is 0.307 e. The molecule has 0 radical (unpaired) electrons. The molecule has 0 fully saturated rings. The molecule has 2 aromatic rings. The highest BCUT2D eigenvalue weighted by molar-refractivity contribution is 5.88. The Bertz CT molecular complexity index is 808. The molecule has 0 atom stereocenters. The van der Waals surface area contributed by atoms with Crippen molar-refractivity contribution < 1.29 is 19.1 Å². The number of carbonyl (C=O) groups excluding carboxylic acids is 2. The largest absolute Gasteiger partial charge is 0.465 e. The van der Waals surface area contributed by atoms with Crippen LogP contribution in [0.2, 0.25) is 0 Å². The van der Waals surface area contributed by atoms with Crippen LogP contribution < -0.4 is 0 Å². The Morgan fingerprint density at radius 1 is 0.724 bits per heavy atom. The molecule has 0 unspecified atom stereocenters. The second kappa shape index (κ2) is 8.81. The first-order chi connectivity index (χ1) is 13.8. The van der Waals surface area contributed by atoms with E-state index in [1.165, 1.54) is 0 Å². The molecular weight excluding hydrogens is 364 g/mol. The van der Waals surface area contributed by atoms with E-state index in [0.29, 0.717) is 13.2 Å². The van der Waals surface area contributed by atoms with Crippen LogP contribution in [-0.2, 0) is 24.5 Å². The monoisotopic (exact) mass is 394 g/mol. The number of hydrogen-bond acceptors (Lipinski definition) is 4. The van der Waals surface area contributed by atoms with Gasteiger partial charge in [0.1, 0.15) is 0 Å². The van der Waals surface area contributed by atoms with Crippen molar-refractivity contribution in [2.24, 2.45) is 11.8 Å². The van der Waals surface area contributed by atoms with Crippen molar-refractivity contribution in [2.75, 3.05) is 13.2 Å². The van der Waals surface area contributed by atoms with Crippen LogP contribution in [0.15, 0.2) is 48.5 Å². The van der Waals surface area contributed by atoms with Crippen LogP contribution in [-0.4, -0.2) is 25.2 Å². The van der Waals surface area contributed by atoms with Gasteiger partial charge in [-0.1, -0.05) is 76.2 Å². The highest BCUT2D eigenvalue weighted by atomic mass is 16.5. The predicted octanol–water partition coefficient (Wildman–Crippen LogP) is 5.13. The average molecular weight is 395 g/mol. The number of fused-ring (bicyclic) bond motifs is 3. The molecule has 0 aliphatic heterocycles. The van der Waals surface area contributed by atoms with E-state index in [2.05, 4.69) is 12.1 Å². The lowest BCUT2D eigenvalue weighted by atomic mass is 9.73. The van der Waals surface area contributed by atoms with Crippen LogP contribution in [0.25, 0.3) is 11.1 Å². The summed E-state index contributed by atoms with van der Waals surface area (Å²) in [5.74, 6) is -0.0631. The summed E-state index contributed by atoms with van der Waals surface area (Å²) in [4.78, 5) is 25.6. The number of hydrogen-bond donors (Lipinski definition) is 0. The lowest BCUT2D eigenvalue weighted by Crippen LogP contribution is -2.33. The van der Waals surface area contributed by atoms with Crippen LogP contribution in [0.4, 0.5) is 0 Å². The van der Waals surface area contributed by atoms with Crippen molar-refractivity contribution in [3.63, 3.8) is 0 Å². The van der Waals surface area contributed by atoms with Crippen molar-refractivity contribution in [1.29, 1.82) is 0 Å². The third-order valence-corrected chi connectivity index (χ3v) is 5.22. The van der Waals surface area contributed by atoms with E-state index < -0.39 is 5.41 Å². The van der Waals surface area contributed by atoms with Crippen molar-refractivity contribution in [1.82, 2.24) is 0 Å². The number of esters is 2. The third kappa shape index (κ3) is 4.52. The van der Waals surface area contributed by atoms with Crippen molar-refractivity contribution in [3.8, 4) is 11.1 Å². The van der Waals surface area contributed by atoms with Gasteiger partial charge in [-0.2, -0.15) is 0 Å². The summed E-state index contributed by atoms with van der Waals surface area (Å²) < 4.78 is 11.0. The molecule has 0 saturated heterocycles. The minimum atomic E-state index is -0.769. The van der Waals surface area contributed by atoms with Gasteiger partial charge in [0.15, 0.2) is 0 Å². The first kappa shape index (κ1) is 21.1. The Kier molecular flexibility index (Phi) is 6.41. The maximum Gasteiger partial charge on any atom is 0.307 e. The fraction of sp³-hybridized carbons (Fsp3) is 0.440. The van der Waals surface area contributed by atoms with Gasteiger partial charge in [0.2, 0.25) is 0 Å². The van der Waals surface area contributed by atoms with Gasteiger partial charge in [0.05, 0.1) is 26.1 Å². The second-order valence-electron chi connectivity index (χ2n) is 8.68. The summed E-state index contributed by atoms with van der Waals surface area (Å²) in [7, 11) is 0. The fourth-order valence-corrected chi connectivity index (χ4v) is 3.97. The lowest BCUT2D eigenvalue weighted by Gasteiger charge is -2.30. The summed E-state index contributed by atoms with van der Waals surface area (Å²) in [6, 6.07) is 16.0. The standard InChI is InChI=1S/C25H30O4/c1-17(2)15-28-23(26)13-25(14-24(27)29-16-18(3)4)21-11-7-5-9-19(21)20-10-6-8-12-22(20)25/h5-12,17-18H,13-16H2,1-4H3. The molecule has 2 aromatic carbocycles. The van der Waals surface area contributed by atoms with Crippen LogP contribution in [0, 0.1) is 11.8 Å². The number of ether oxygens (including phenoxy) is 2. The Morgan fingerprint density at radius 3 is 1.48 bits per heavy atom. The molecule has 0 aromatic heterocycles. The van der Waals surface area contributed by atoms with Gasteiger partial charge in [-0.05, 0) is 34.1 Å². The minimum Gasteiger partial charge on any atom is -0.465 e. The van der Waals surface area contributed by atoms with Crippen LogP contribution >= 0.6 is 0 Å². The number of benzene rings is 2. The van der Waals surface area contributed by atoms with Gasteiger partial charge in [0, 0.05) is 5.41 Å². The highest BCUT2D eigenvalue weighted by Gasteiger charge is 2.46. The molecule has 3 rings (SSSR count). The van der Waals surface area contributed by atoms with Gasteiger partial charge >= 0.3 is 11.9 Å². The summed E-state index contributed by atoms with van der Waals surface area (Å²) >= 11 is 0. The number of rotatable bonds is 8. The second-order valence-corrected chi connectivity index (χ2v) is 8.68. The minimum absolute atomic E-state index is 0.116. The summed E-state index contributed by atoms with van der Waals surface area (Å²) in [5, 5.41) is 0. The molecular formula is C25H30O4. The van der Waals surface area contributed by atoms with E-state index in [4.69, 9.17) is 9.47 Å². The van der Waals surface area contributed by atoms with E-state index in [9.17, 15) is 9.59 Å². The average Bonchev–Trinajstić information content (AvgIpc) is 2.95. The van der Waals surface area contributed by atoms with Crippen LogP contribution in [0.5, 0.6) is 0 Å². The maximum atomic E-state index is 12.8. The molecule has 4 nitrogen and oxygen atoms in total. The first-order valence-corrected chi connectivity index (χ1v) is 10.3. The van der Waals surface area contributed by atoms with E-state index in [1.54, 1.807) is 0 Å². The van der Waals surface area contributed by atoms with Gasteiger partial charge in [0.25, 0.3) is 0 Å². The van der Waals surface area contributed by atoms with Crippen molar-refractivity contribution in [3.05, 3.63) is 59.7 Å². The zero-order chi connectivity index (χ0) is 21.0. The molecule has 0 saturated carbocycles. The Hall–Kier alpha value is -2.62. The summed E-state index contributed by atoms with van der Waals surface area (Å²) in [6.45, 7) is 8.77. The van der Waals surface area contributed by atoms with Crippen LogP contribution in [0.1, 0.15) is 51.7 Å². The van der Waals surface area contributed by atoms with Crippen molar-refractivity contribution in [2.45, 2.75) is 46.0 Å². The molecule has 0 spiro atoms. The zero-order valence-electron chi connectivity index (χ0n) is 17.7. The van der Waals surface area contributed by atoms with E-state index in [-0.39, 0.29) is 36.6 Å². The molecule has 0 bridgehead atoms. The summed E-state index contributed by atoms with van der Waals surface area (Å²) in [5.41, 5.74) is 3.34. The van der Waals surface area contributed by atoms with Gasteiger partial charge in [-0.3, -0.25) is 9.59 Å². The quantitative estimate of drug-likeness (QED) is 0.582. The molecule has 1 aliphatic rings. The van der Waals surface area contributed by atoms with Gasteiger partial charge in [-0.25, -0.2) is 0 Å². The highest BCUT2D eigenvalue weighted by Crippen LogP contribution is 2.52. The molecule has 29 heavy (non-hydrogen) atoms. The SMILES string of the molecule is CC(C)COC(=O)CC1(CC(=O)OCC(C)C)c2ccccc2-c2ccccc21. The van der Waals surface area contributed by atoms with Gasteiger partial charge < -0.3 is 9.47 Å². The van der Waals surface area contributed by atoms with Crippen LogP contribution in [0.3, 0.4) is 0 Å². The Balaban J connectivity index is 2.01. The molecule has 0 heterocycles. The van der Waals surface area contributed by atoms with E-state index in [1.807, 2.05) is 64.1 Å². The van der Waals surface area contributed by atoms with E-state index >= 15 is 0 Å². The Morgan fingerprint density at radius 2 is 1.10 bits per heavy atom. The summed E-state index contributed by atoms with van der Waals surface area (Å²) in [6.07, 6.45) is 0.231. The van der Waals surface area contributed by atoms with Gasteiger partial charge in [-0.15, -0.1) is 0 Å². The molecule has 0 amide bonds. The van der Waals surface area contributed by atoms with E-state index in [0.717, 1.165) is 22.3 Å². The molecule has 4 heteroatoms. The zero-order valence-corrected chi connectivity index (χ0v) is 17.7. The first-order valence-electron chi connectivity index (χ1n) is 10.3. The predicted molar refractivity (Wildman–Crippen MR) is 113 cm³/mol. The lowest BCUT2D eigenvalue weighted by molar-refractivity contribution is -0.148. The number of carbonyl (C=O) groups is 2. The third-order valence-electron chi connectivity index (χ3n) is 5.22. The molecule has 1 aliphatic carbocycles. The normalized spacial score (nSPS) is 13.9.